The van der Waals surface area contributed by atoms with Crippen LogP contribution in [-0.2, 0) is 4.74 Å². The Bertz CT molecular complexity index is 666. The molecule has 0 amide bonds. The van der Waals surface area contributed by atoms with Gasteiger partial charge < -0.3 is 19.2 Å². The maximum absolute atomic E-state index is 5.82. The number of methoxy groups -OCH3 is 1. The van der Waals surface area contributed by atoms with E-state index in [-0.39, 0.29) is 11.5 Å². The third kappa shape index (κ3) is 4.89. The van der Waals surface area contributed by atoms with Gasteiger partial charge in [0.25, 0.3) is 0 Å². The van der Waals surface area contributed by atoms with Crippen molar-refractivity contribution < 1.29 is 13.9 Å². The molecule has 142 valence electrons. The standard InChI is InChI=1S/C22H31NO3/c1-22(2)15-17(11-14-26-22)16-23-12-10-19(21-9-6-13-25-21)18-7-4-5-8-20(18)24-3/h4-9,13,17,19,23H,10-12,14-16H2,1-3H3/t17-,19+/m1/s1. The van der Waals surface area contributed by atoms with Crippen LogP contribution in [0.5, 0.6) is 5.75 Å². The van der Waals surface area contributed by atoms with Gasteiger partial charge in [0.15, 0.2) is 0 Å². The number of hydrogen-bond donors (Lipinski definition) is 1. The van der Waals surface area contributed by atoms with E-state index in [1.807, 2.05) is 18.2 Å². The molecule has 1 aromatic heterocycles. The smallest absolute Gasteiger partial charge is 0.122 e. The number of ether oxygens (including phenoxy) is 2. The molecule has 0 spiro atoms. The summed E-state index contributed by atoms with van der Waals surface area (Å²) in [6.07, 6.45) is 4.98. The van der Waals surface area contributed by atoms with Crippen molar-refractivity contribution in [3.05, 3.63) is 54.0 Å². The molecule has 2 aromatic rings. The fourth-order valence-corrected chi connectivity index (χ4v) is 3.98. The van der Waals surface area contributed by atoms with Crippen LogP contribution in [0.3, 0.4) is 0 Å². The van der Waals surface area contributed by atoms with Gasteiger partial charge in [0.2, 0.25) is 0 Å². The molecule has 4 heteroatoms. The average molecular weight is 357 g/mol. The van der Waals surface area contributed by atoms with E-state index in [0.717, 1.165) is 50.5 Å². The number of benzene rings is 1. The predicted molar refractivity (Wildman–Crippen MR) is 104 cm³/mol. The summed E-state index contributed by atoms with van der Waals surface area (Å²) in [5.74, 6) is 2.79. The Balaban J connectivity index is 1.59. The SMILES string of the molecule is COc1ccccc1[C@H](CCNC[C@@H]1CCOC(C)(C)C1)c1ccco1. The van der Waals surface area contributed by atoms with Gasteiger partial charge in [-0.15, -0.1) is 0 Å². The lowest BCUT2D eigenvalue weighted by Gasteiger charge is -2.35. The van der Waals surface area contributed by atoms with E-state index >= 15 is 0 Å². The molecule has 3 rings (SSSR count). The Labute approximate surface area is 156 Å². The summed E-state index contributed by atoms with van der Waals surface area (Å²) in [6, 6.07) is 12.2. The van der Waals surface area contributed by atoms with E-state index in [2.05, 4.69) is 37.4 Å². The summed E-state index contributed by atoms with van der Waals surface area (Å²) in [5, 5.41) is 3.65. The van der Waals surface area contributed by atoms with Crippen LogP contribution in [0.4, 0.5) is 0 Å². The topological polar surface area (TPSA) is 43.6 Å². The predicted octanol–water partition coefficient (Wildman–Crippen LogP) is 4.61. The van der Waals surface area contributed by atoms with Crippen LogP contribution in [0, 0.1) is 5.92 Å². The molecule has 0 bridgehead atoms. The van der Waals surface area contributed by atoms with Crippen LogP contribution in [0.25, 0.3) is 0 Å². The largest absolute Gasteiger partial charge is 0.496 e. The molecule has 2 atom stereocenters. The molecule has 1 fully saturated rings. The molecule has 0 aliphatic carbocycles. The second-order valence-corrected chi connectivity index (χ2v) is 7.77. The van der Waals surface area contributed by atoms with Crippen molar-refractivity contribution in [2.45, 2.75) is 44.6 Å². The van der Waals surface area contributed by atoms with Crippen molar-refractivity contribution in [3.8, 4) is 5.75 Å². The van der Waals surface area contributed by atoms with E-state index in [1.165, 1.54) is 5.56 Å². The Morgan fingerprint density at radius 1 is 1.23 bits per heavy atom. The maximum Gasteiger partial charge on any atom is 0.122 e. The van der Waals surface area contributed by atoms with Gasteiger partial charge >= 0.3 is 0 Å². The first-order chi connectivity index (χ1) is 12.6. The molecule has 1 N–H and O–H groups in total. The summed E-state index contributed by atoms with van der Waals surface area (Å²) in [4.78, 5) is 0. The molecule has 1 aliphatic rings. The van der Waals surface area contributed by atoms with Crippen LogP contribution in [-0.4, -0.2) is 32.4 Å². The van der Waals surface area contributed by atoms with Gasteiger partial charge in [-0.05, 0) is 70.3 Å². The third-order valence-corrected chi connectivity index (χ3v) is 5.24. The molecule has 1 saturated heterocycles. The minimum absolute atomic E-state index is 0.0126. The van der Waals surface area contributed by atoms with E-state index < -0.39 is 0 Å². The van der Waals surface area contributed by atoms with Gasteiger partial charge in [0.1, 0.15) is 11.5 Å². The third-order valence-electron chi connectivity index (χ3n) is 5.24. The molecule has 0 unspecified atom stereocenters. The first-order valence-electron chi connectivity index (χ1n) is 9.60. The quantitative estimate of drug-likeness (QED) is 0.701. The highest BCUT2D eigenvalue weighted by Crippen LogP contribution is 2.34. The molecule has 26 heavy (non-hydrogen) atoms. The maximum atomic E-state index is 5.82. The Hall–Kier alpha value is -1.78. The lowest BCUT2D eigenvalue weighted by molar-refractivity contribution is -0.0717. The normalized spacial score (nSPS) is 20.7. The Kier molecular flexibility index (Phi) is 6.38. The zero-order chi connectivity index (χ0) is 18.4. The zero-order valence-electron chi connectivity index (χ0n) is 16.2. The summed E-state index contributed by atoms with van der Waals surface area (Å²) in [7, 11) is 1.73. The van der Waals surface area contributed by atoms with Gasteiger partial charge in [0.05, 0.1) is 19.0 Å². The van der Waals surface area contributed by atoms with Crippen LogP contribution in [0.1, 0.15) is 50.4 Å². The second kappa shape index (κ2) is 8.74. The first kappa shape index (κ1) is 19.0. The summed E-state index contributed by atoms with van der Waals surface area (Å²) in [6.45, 7) is 7.24. The second-order valence-electron chi connectivity index (χ2n) is 7.77. The van der Waals surface area contributed by atoms with Crippen molar-refractivity contribution in [2.24, 2.45) is 5.92 Å². The highest BCUT2D eigenvalue weighted by atomic mass is 16.5. The Morgan fingerprint density at radius 2 is 2.08 bits per heavy atom. The minimum atomic E-state index is 0.0126. The summed E-state index contributed by atoms with van der Waals surface area (Å²) in [5.41, 5.74) is 1.19. The van der Waals surface area contributed by atoms with Crippen molar-refractivity contribution in [2.75, 3.05) is 26.8 Å². The number of rotatable bonds is 8. The van der Waals surface area contributed by atoms with Crippen LogP contribution < -0.4 is 10.1 Å². The van der Waals surface area contributed by atoms with E-state index in [4.69, 9.17) is 13.9 Å². The van der Waals surface area contributed by atoms with Gasteiger partial charge in [-0.1, -0.05) is 18.2 Å². The molecule has 4 nitrogen and oxygen atoms in total. The van der Waals surface area contributed by atoms with E-state index in [0.29, 0.717) is 5.92 Å². The van der Waals surface area contributed by atoms with Gasteiger partial charge in [-0.3, -0.25) is 0 Å². The molecular formula is C22H31NO3. The molecule has 2 heterocycles. The summed E-state index contributed by atoms with van der Waals surface area (Å²) < 4.78 is 17.1. The Morgan fingerprint density at radius 3 is 2.81 bits per heavy atom. The number of nitrogens with one attached hydrogen (secondary N) is 1. The number of furan rings is 1. The molecule has 0 radical (unpaired) electrons. The molecular weight excluding hydrogens is 326 g/mol. The minimum Gasteiger partial charge on any atom is -0.496 e. The van der Waals surface area contributed by atoms with E-state index in [9.17, 15) is 0 Å². The van der Waals surface area contributed by atoms with Crippen LogP contribution in [0.15, 0.2) is 47.1 Å². The lowest BCUT2D eigenvalue weighted by atomic mass is 9.88. The molecule has 1 aliphatic heterocycles. The van der Waals surface area contributed by atoms with Crippen molar-refractivity contribution >= 4 is 0 Å². The van der Waals surface area contributed by atoms with Crippen LogP contribution in [0.2, 0.25) is 0 Å². The van der Waals surface area contributed by atoms with Gasteiger partial charge in [0, 0.05) is 18.1 Å². The average Bonchev–Trinajstić information content (AvgIpc) is 3.15. The van der Waals surface area contributed by atoms with Gasteiger partial charge in [-0.2, -0.15) is 0 Å². The van der Waals surface area contributed by atoms with Gasteiger partial charge in [-0.25, -0.2) is 0 Å². The highest BCUT2D eigenvalue weighted by Gasteiger charge is 2.28. The van der Waals surface area contributed by atoms with Crippen molar-refractivity contribution in [1.29, 1.82) is 0 Å². The summed E-state index contributed by atoms with van der Waals surface area (Å²) >= 11 is 0. The molecule has 1 aromatic carbocycles. The van der Waals surface area contributed by atoms with E-state index in [1.54, 1.807) is 13.4 Å². The van der Waals surface area contributed by atoms with Crippen molar-refractivity contribution in [3.63, 3.8) is 0 Å². The van der Waals surface area contributed by atoms with Crippen LogP contribution >= 0.6 is 0 Å². The first-order valence-corrected chi connectivity index (χ1v) is 9.60. The monoisotopic (exact) mass is 357 g/mol. The number of para-hydroxylation sites is 1. The zero-order valence-corrected chi connectivity index (χ0v) is 16.2. The fourth-order valence-electron chi connectivity index (χ4n) is 3.98. The number of hydrogen-bond acceptors (Lipinski definition) is 4. The van der Waals surface area contributed by atoms with Crippen molar-refractivity contribution in [1.82, 2.24) is 5.32 Å². The lowest BCUT2D eigenvalue weighted by Crippen LogP contribution is -2.38. The fraction of sp³-hybridized carbons (Fsp3) is 0.545. The highest BCUT2D eigenvalue weighted by molar-refractivity contribution is 5.39. The molecule has 0 saturated carbocycles.